The van der Waals surface area contributed by atoms with Gasteiger partial charge in [0.25, 0.3) is 0 Å². The van der Waals surface area contributed by atoms with Crippen molar-refractivity contribution < 1.29 is 18.7 Å². The average molecular weight is 398 g/mol. The fraction of sp³-hybridized carbons (Fsp3) is 0.333. The van der Waals surface area contributed by atoms with Gasteiger partial charge in [0, 0.05) is 49.0 Å². The number of halogens is 1. The van der Waals surface area contributed by atoms with Gasteiger partial charge >= 0.3 is 6.09 Å². The first kappa shape index (κ1) is 19.4. The first-order chi connectivity index (χ1) is 14.2. The Morgan fingerprint density at radius 2 is 2.00 bits per heavy atom. The molecule has 0 saturated carbocycles. The topological polar surface area (TPSA) is 68.6 Å². The van der Waals surface area contributed by atoms with E-state index in [1.54, 1.807) is 23.5 Å². The van der Waals surface area contributed by atoms with Crippen molar-refractivity contribution in [2.24, 2.45) is 0 Å². The van der Waals surface area contributed by atoms with E-state index in [4.69, 9.17) is 9.47 Å². The van der Waals surface area contributed by atoms with E-state index < -0.39 is 12.8 Å². The Bertz CT molecular complexity index is 957. The van der Waals surface area contributed by atoms with E-state index in [-0.39, 0.29) is 6.04 Å². The third-order valence-electron chi connectivity index (χ3n) is 4.97. The summed E-state index contributed by atoms with van der Waals surface area (Å²) in [5, 5.41) is 2.69. The maximum Gasteiger partial charge on any atom is 0.427 e. The van der Waals surface area contributed by atoms with Crippen LogP contribution in [0.25, 0.3) is 10.9 Å². The summed E-state index contributed by atoms with van der Waals surface area (Å²) in [5.41, 5.74) is 4.66. The van der Waals surface area contributed by atoms with Gasteiger partial charge in [-0.1, -0.05) is 0 Å². The van der Waals surface area contributed by atoms with E-state index in [1.165, 1.54) is 0 Å². The van der Waals surface area contributed by atoms with Crippen molar-refractivity contribution in [3.8, 4) is 5.75 Å². The summed E-state index contributed by atoms with van der Waals surface area (Å²) in [6, 6.07) is 11.1. The molecule has 0 aliphatic carbocycles. The molecule has 3 aromatic rings. The minimum atomic E-state index is -0.530. The summed E-state index contributed by atoms with van der Waals surface area (Å²) in [5.74, 6) is 0.451. The molecule has 1 fully saturated rings. The number of carbonyl (C=O) groups is 1. The van der Waals surface area contributed by atoms with Crippen LogP contribution in [0.15, 0.2) is 55.0 Å². The Balaban J connectivity index is 1.51. The maximum atomic E-state index is 13.2. The molecule has 7 nitrogen and oxygen atoms in total. The van der Waals surface area contributed by atoms with E-state index in [0.29, 0.717) is 38.5 Å². The van der Waals surface area contributed by atoms with Crippen LogP contribution in [0.5, 0.6) is 5.75 Å². The molecule has 1 saturated heterocycles. The number of alkyl halides is 1. The van der Waals surface area contributed by atoms with E-state index in [2.05, 4.69) is 10.4 Å². The Labute approximate surface area is 168 Å². The van der Waals surface area contributed by atoms with Crippen LogP contribution in [0.3, 0.4) is 0 Å². The number of nitrogens with zero attached hydrogens (tertiary/aromatic N) is 3. The molecule has 0 spiro atoms. The number of hydrogen-bond donors (Lipinski definition) is 1. The number of morpholine rings is 1. The minimum absolute atomic E-state index is 0.128. The number of carbonyl (C=O) groups excluding carboxylic acids is 1. The molecule has 1 aliphatic rings. The number of hydrogen-bond acceptors (Lipinski definition) is 5. The lowest BCUT2D eigenvalue weighted by atomic mass is 10.1. The molecule has 0 bridgehead atoms. The van der Waals surface area contributed by atoms with Crippen LogP contribution in [0.1, 0.15) is 18.0 Å². The molecule has 4 rings (SSSR count). The summed E-state index contributed by atoms with van der Waals surface area (Å²) < 4.78 is 25.9. The van der Waals surface area contributed by atoms with E-state index >= 15 is 0 Å². The van der Waals surface area contributed by atoms with Gasteiger partial charge in [0.15, 0.2) is 0 Å². The SMILES string of the molecule is O=C(NN1CCOCC1)Oc1ccc2c(ccn2C(CCF)c2ccncc2)c1. The smallest absolute Gasteiger partial charge is 0.409 e. The highest BCUT2D eigenvalue weighted by molar-refractivity contribution is 5.83. The van der Waals surface area contributed by atoms with Crippen LogP contribution < -0.4 is 10.2 Å². The van der Waals surface area contributed by atoms with Crippen LogP contribution >= 0.6 is 0 Å². The van der Waals surface area contributed by atoms with Crippen molar-refractivity contribution in [2.45, 2.75) is 12.5 Å². The van der Waals surface area contributed by atoms with Gasteiger partial charge < -0.3 is 14.0 Å². The lowest BCUT2D eigenvalue weighted by Crippen LogP contribution is -2.49. The van der Waals surface area contributed by atoms with Gasteiger partial charge in [0.05, 0.1) is 25.9 Å². The van der Waals surface area contributed by atoms with Crippen LogP contribution in [0, 0.1) is 0 Å². The summed E-state index contributed by atoms with van der Waals surface area (Å²) in [6.45, 7) is 1.99. The number of amides is 1. The summed E-state index contributed by atoms with van der Waals surface area (Å²) in [6.07, 6.45) is 5.20. The number of ether oxygens (including phenoxy) is 2. The summed E-state index contributed by atoms with van der Waals surface area (Å²) in [7, 11) is 0. The molecular formula is C21H23FN4O3. The Morgan fingerprint density at radius 3 is 2.76 bits per heavy atom. The molecule has 1 amide bonds. The molecule has 8 heteroatoms. The molecule has 1 unspecified atom stereocenters. The van der Waals surface area contributed by atoms with Crippen LogP contribution in [0.4, 0.5) is 9.18 Å². The van der Waals surface area contributed by atoms with Crippen molar-refractivity contribution in [1.82, 2.24) is 20.0 Å². The molecule has 0 radical (unpaired) electrons. The highest BCUT2D eigenvalue weighted by atomic mass is 19.1. The van der Waals surface area contributed by atoms with Crippen molar-refractivity contribution in [2.75, 3.05) is 33.0 Å². The molecule has 3 heterocycles. The van der Waals surface area contributed by atoms with Crippen molar-refractivity contribution >= 4 is 17.0 Å². The zero-order valence-electron chi connectivity index (χ0n) is 16.0. The number of benzene rings is 1. The van der Waals surface area contributed by atoms with Gasteiger partial charge in [-0.15, -0.1) is 0 Å². The lowest BCUT2D eigenvalue weighted by molar-refractivity contribution is 0.0153. The summed E-state index contributed by atoms with van der Waals surface area (Å²) >= 11 is 0. The number of fused-ring (bicyclic) bond motifs is 1. The number of aromatic nitrogens is 2. The maximum absolute atomic E-state index is 13.2. The third kappa shape index (κ3) is 4.55. The molecule has 29 heavy (non-hydrogen) atoms. The average Bonchev–Trinajstić information content (AvgIpc) is 3.16. The second kappa shape index (κ2) is 9.02. The fourth-order valence-corrected chi connectivity index (χ4v) is 3.57. The largest absolute Gasteiger partial charge is 0.427 e. The quantitative estimate of drug-likeness (QED) is 0.690. The van der Waals surface area contributed by atoms with E-state index in [1.807, 2.05) is 41.1 Å². The van der Waals surface area contributed by atoms with Crippen LogP contribution in [-0.2, 0) is 4.74 Å². The predicted molar refractivity (Wildman–Crippen MR) is 106 cm³/mol. The molecule has 2 aromatic heterocycles. The van der Waals surface area contributed by atoms with Crippen LogP contribution in [0.2, 0.25) is 0 Å². The standard InChI is InChI=1S/C21H23FN4O3/c22-7-3-20(16-4-8-23-9-5-16)26-10-6-17-15-18(1-2-19(17)26)29-21(27)24-25-11-13-28-14-12-25/h1-2,4-6,8-10,15,20H,3,7,11-14H2,(H,24,27). The fourth-order valence-electron chi connectivity index (χ4n) is 3.57. The first-order valence-electron chi connectivity index (χ1n) is 9.62. The number of rotatable bonds is 6. The highest BCUT2D eigenvalue weighted by Gasteiger charge is 2.17. The zero-order chi connectivity index (χ0) is 20.1. The summed E-state index contributed by atoms with van der Waals surface area (Å²) in [4.78, 5) is 16.2. The van der Waals surface area contributed by atoms with Gasteiger partial charge in [-0.3, -0.25) is 14.8 Å². The second-order valence-corrected chi connectivity index (χ2v) is 6.82. The molecule has 152 valence electrons. The molecule has 1 aromatic carbocycles. The third-order valence-corrected chi connectivity index (χ3v) is 4.97. The van der Waals surface area contributed by atoms with Crippen molar-refractivity contribution in [3.63, 3.8) is 0 Å². The normalized spacial score (nSPS) is 15.9. The number of nitrogens with one attached hydrogen (secondary N) is 1. The Kier molecular flexibility index (Phi) is 6.02. The Morgan fingerprint density at radius 1 is 1.21 bits per heavy atom. The lowest BCUT2D eigenvalue weighted by Gasteiger charge is -2.26. The monoisotopic (exact) mass is 398 g/mol. The van der Waals surface area contributed by atoms with Crippen molar-refractivity contribution in [1.29, 1.82) is 0 Å². The zero-order valence-corrected chi connectivity index (χ0v) is 16.0. The second-order valence-electron chi connectivity index (χ2n) is 6.82. The van der Waals surface area contributed by atoms with Gasteiger partial charge in [0.1, 0.15) is 5.75 Å². The molecule has 1 aliphatic heterocycles. The molecule has 1 N–H and O–H groups in total. The van der Waals surface area contributed by atoms with Crippen LogP contribution in [-0.4, -0.2) is 53.6 Å². The molecular weight excluding hydrogens is 375 g/mol. The highest BCUT2D eigenvalue weighted by Crippen LogP contribution is 2.29. The first-order valence-corrected chi connectivity index (χ1v) is 9.62. The predicted octanol–water partition coefficient (Wildman–Crippen LogP) is 3.32. The van der Waals surface area contributed by atoms with E-state index in [9.17, 15) is 9.18 Å². The Hall–Kier alpha value is -2.97. The number of hydrazine groups is 1. The van der Waals surface area contributed by atoms with Crippen molar-refractivity contribution in [3.05, 3.63) is 60.6 Å². The van der Waals surface area contributed by atoms with Gasteiger partial charge in [-0.05, 0) is 42.0 Å². The van der Waals surface area contributed by atoms with Gasteiger partial charge in [-0.2, -0.15) is 0 Å². The van der Waals surface area contributed by atoms with E-state index in [0.717, 1.165) is 16.5 Å². The van der Waals surface area contributed by atoms with Gasteiger partial charge in [-0.25, -0.2) is 9.80 Å². The number of pyridine rings is 1. The molecule has 1 atom stereocenters. The minimum Gasteiger partial charge on any atom is -0.409 e. The van der Waals surface area contributed by atoms with Gasteiger partial charge in [0.2, 0.25) is 0 Å².